The molecule has 30 heavy (non-hydrogen) atoms. The van der Waals surface area contributed by atoms with Gasteiger partial charge in [-0.2, -0.15) is 0 Å². The highest BCUT2D eigenvalue weighted by Gasteiger charge is 2.46. The van der Waals surface area contributed by atoms with E-state index in [1.54, 1.807) is 17.9 Å². The third-order valence-electron chi connectivity index (χ3n) is 5.73. The zero-order chi connectivity index (χ0) is 21.1. The van der Waals surface area contributed by atoms with Gasteiger partial charge in [-0.1, -0.05) is 42.5 Å². The summed E-state index contributed by atoms with van der Waals surface area (Å²) < 4.78 is 19.4. The summed E-state index contributed by atoms with van der Waals surface area (Å²) in [6, 6.07) is 13.7. The first kappa shape index (κ1) is 20.5. The fraction of sp³-hybridized carbons (Fsp3) is 0.391. The van der Waals surface area contributed by atoms with Gasteiger partial charge < -0.3 is 20.3 Å². The fourth-order valence-corrected chi connectivity index (χ4v) is 4.00. The van der Waals surface area contributed by atoms with Crippen molar-refractivity contribution in [2.45, 2.75) is 44.6 Å². The van der Waals surface area contributed by atoms with Crippen LogP contribution in [0.3, 0.4) is 0 Å². The van der Waals surface area contributed by atoms with Gasteiger partial charge in [0.2, 0.25) is 11.8 Å². The van der Waals surface area contributed by atoms with Crippen LogP contribution in [-0.4, -0.2) is 48.0 Å². The molecule has 2 N–H and O–H groups in total. The van der Waals surface area contributed by atoms with Crippen molar-refractivity contribution in [1.82, 2.24) is 15.5 Å². The highest BCUT2D eigenvalue weighted by atomic mass is 19.1. The van der Waals surface area contributed by atoms with Gasteiger partial charge in [-0.15, -0.1) is 0 Å². The normalized spacial score (nSPS) is 23.4. The average molecular weight is 411 g/mol. The van der Waals surface area contributed by atoms with Crippen LogP contribution in [0.4, 0.5) is 4.39 Å². The monoisotopic (exact) mass is 411 g/mol. The van der Waals surface area contributed by atoms with E-state index in [0.29, 0.717) is 31.7 Å². The fourth-order valence-electron chi connectivity index (χ4n) is 4.00. The van der Waals surface area contributed by atoms with Crippen molar-refractivity contribution in [2.75, 3.05) is 13.2 Å². The van der Waals surface area contributed by atoms with Crippen molar-refractivity contribution in [3.05, 3.63) is 71.0 Å². The zero-order valence-corrected chi connectivity index (χ0v) is 16.9. The van der Waals surface area contributed by atoms with Crippen molar-refractivity contribution >= 4 is 11.8 Å². The highest BCUT2D eigenvalue weighted by Crippen LogP contribution is 2.23. The molecule has 2 aromatic carbocycles. The lowest BCUT2D eigenvalue weighted by Gasteiger charge is -2.34. The smallest absolute Gasteiger partial charge is 0.248 e. The van der Waals surface area contributed by atoms with Gasteiger partial charge in [-0.25, -0.2) is 4.39 Å². The number of nitrogens with zero attached hydrogens (tertiary/aromatic N) is 1. The van der Waals surface area contributed by atoms with Crippen molar-refractivity contribution < 1.29 is 18.7 Å². The van der Waals surface area contributed by atoms with Crippen molar-refractivity contribution in [3.8, 4) is 0 Å². The maximum atomic E-state index is 13.7. The molecule has 2 aromatic rings. The lowest BCUT2D eigenvalue weighted by molar-refractivity contribution is -0.148. The van der Waals surface area contributed by atoms with Crippen molar-refractivity contribution in [2.24, 2.45) is 0 Å². The van der Waals surface area contributed by atoms with Gasteiger partial charge in [-0.05, 0) is 36.1 Å². The SMILES string of the molecule is Cc1ccc(CN[C@H]2C[C@H]3C(=O)N[C@@H](COCc4ccccc4)C(=O)N3C2)cc1F. The number of hydrogen-bond donors (Lipinski definition) is 2. The Kier molecular flexibility index (Phi) is 6.11. The van der Waals surface area contributed by atoms with Gasteiger partial charge in [0.15, 0.2) is 0 Å². The minimum absolute atomic E-state index is 0.0157. The quantitative estimate of drug-likeness (QED) is 0.730. The van der Waals surface area contributed by atoms with E-state index in [4.69, 9.17) is 4.74 Å². The number of nitrogens with one attached hydrogen (secondary N) is 2. The molecule has 0 radical (unpaired) electrons. The van der Waals surface area contributed by atoms with Gasteiger partial charge in [0.1, 0.15) is 17.9 Å². The van der Waals surface area contributed by atoms with Crippen LogP contribution >= 0.6 is 0 Å². The van der Waals surface area contributed by atoms with E-state index < -0.39 is 12.1 Å². The maximum absolute atomic E-state index is 13.7. The number of benzene rings is 2. The standard InChI is InChI=1S/C23H26FN3O3/c1-15-7-8-17(9-19(15)24)11-25-18-10-21-22(28)26-20(23(29)27(21)12-18)14-30-13-16-5-3-2-4-6-16/h2-9,18,20-21,25H,10-14H2,1H3,(H,26,28)/t18-,20-,21-/m0/s1. The van der Waals surface area contributed by atoms with Crippen LogP contribution in [0, 0.1) is 12.7 Å². The third kappa shape index (κ3) is 4.52. The molecule has 0 spiro atoms. The van der Waals surface area contributed by atoms with Crippen LogP contribution in [0.2, 0.25) is 0 Å². The molecule has 0 aromatic heterocycles. The minimum Gasteiger partial charge on any atom is -0.374 e. The van der Waals surface area contributed by atoms with Crippen LogP contribution < -0.4 is 10.6 Å². The number of carbonyl (C=O) groups is 2. The van der Waals surface area contributed by atoms with Crippen LogP contribution in [0.5, 0.6) is 0 Å². The Morgan fingerprint density at radius 1 is 1.17 bits per heavy atom. The molecule has 3 atom stereocenters. The Balaban J connectivity index is 1.30. The van der Waals surface area contributed by atoms with Gasteiger partial charge in [0, 0.05) is 19.1 Å². The van der Waals surface area contributed by atoms with Gasteiger partial charge in [0.05, 0.1) is 13.2 Å². The Hall–Kier alpha value is -2.77. The summed E-state index contributed by atoms with van der Waals surface area (Å²) in [6.45, 7) is 3.21. The number of aryl methyl sites for hydroxylation is 1. The predicted octanol–water partition coefficient (Wildman–Crippen LogP) is 1.91. The van der Waals surface area contributed by atoms with Crippen molar-refractivity contribution in [1.29, 1.82) is 0 Å². The van der Waals surface area contributed by atoms with E-state index in [1.807, 2.05) is 36.4 Å². The van der Waals surface area contributed by atoms with Crippen LogP contribution in [0.25, 0.3) is 0 Å². The molecule has 2 amide bonds. The second kappa shape index (κ2) is 8.93. The Labute approximate surface area is 175 Å². The number of fused-ring (bicyclic) bond motifs is 1. The van der Waals surface area contributed by atoms with Gasteiger partial charge in [-0.3, -0.25) is 9.59 Å². The molecule has 4 rings (SSSR count). The Morgan fingerprint density at radius 2 is 1.97 bits per heavy atom. The molecular weight excluding hydrogens is 385 g/mol. The summed E-state index contributed by atoms with van der Waals surface area (Å²) in [4.78, 5) is 27.0. The van der Waals surface area contributed by atoms with E-state index in [2.05, 4.69) is 10.6 Å². The molecule has 2 saturated heterocycles. The Morgan fingerprint density at radius 3 is 2.73 bits per heavy atom. The largest absolute Gasteiger partial charge is 0.374 e. The topological polar surface area (TPSA) is 70.7 Å². The maximum Gasteiger partial charge on any atom is 0.248 e. The summed E-state index contributed by atoms with van der Waals surface area (Å²) in [5.74, 6) is -0.488. The lowest BCUT2D eigenvalue weighted by atomic mass is 10.1. The first-order chi connectivity index (χ1) is 14.5. The first-order valence-electron chi connectivity index (χ1n) is 10.2. The van der Waals surface area contributed by atoms with Gasteiger partial charge in [0.25, 0.3) is 0 Å². The average Bonchev–Trinajstić information content (AvgIpc) is 3.18. The molecule has 0 aliphatic carbocycles. The number of rotatable bonds is 7. The number of amides is 2. The second-order valence-corrected chi connectivity index (χ2v) is 7.97. The number of halogens is 1. The molecule has 0 bridgehead atoms. The molecule has 7 heteroatoms. The number of carbonyl (C=O) groups excluding carboxylic acids is 2. The van der Waals surface area contributed by atoms with Crippen molar-refractivity contribution in [3.63, 3.8) is 0 Å². The summed E-state index contributed by atoms with van der Waals surface area (Å²) in [5, 5.41) is 6.15. The van der Waals surface area contributed by atoms with Gasteiger partial charge >= 0.3 is 0 Å². The zero-order valence-electron chi connectivity index (χ0n) is 16.9. The number of ether oxygens (including phenoxy) is 1. The van der Waals surface area contributed by atoms with E-state index in [1.165, 1.54) is 6.07 Å². The number of hydrogen-bond acceptors (Lipinski definition) is 4. The molecule has 2 aliphatic heterocycles. The molecule has 2 fully saturated rings. The molecule has 0 unspecified atom stereocenters. The minimum atomic E-state index is -0.664. The van der Waals surface area contributed by atoms with E-state index in [0.717, 1.165) is 11.1 Å². The lowest BCUT2D eigenvalue weighted by Crippen LogP contribution is -2.62. The first-order valence-corrected chi connectivity index (χ1v) is 10.2. The van der Waals surface area contributed by atoms with E-state index in [-0.39, 0.29) is 30.3 Å². The molecule has 158 valence electrons. The highest BCUT2D eigenvalue weighted by molar-refractivity contribution is 5.97. The summed E-state index contributed by atoms with van der Waals surface area (Å²) >= 11 is 0. The van der Waals surface area contributed by atoms with Crippen LogP contribution in [0.1, 0.15) is 23.1 Å². The summed E-state index contributed by atoms with van der Waals surface area (Å²) in [6.07, 6.45) is 0.545. The molecule has 0 saturated carbocycles. The summed E-state index contributed by atoms with van der Waals surface area (Å²) in [5.41, 5.74) is 2.47. The van der Waals surface area contributed by atoms with E-state index >= 15 is 0 Å². The predicted molar refractivity (Wildman–Crippen MR) is 110 cm³/mol. The number of piperazine rings is 1. The third-order valence-corrected chi connectivity index (χ3v) is 5.73. The summed E-state index contributed by atoms with van der Waals surface area (Å²) in [7, 11) is 0. The van der Waals surface area contributed by atoms with Crippen LogP contribution in [-0.2, 0) is 27.5 Å². The van der Waals surface area contributed by atoms with Crippen LogP contribution in [0.15, 0.2) is 48.5 Å². The second-order valence-electron chi connectivity index (χ2n) is 7.97. The molecular formula is C23H26FN3O3. The Bertz CT molecular complexity index is 921. The van der Waals surface area contributed by atoms with E-state index in [9.17, 15) is 14.0 Å². The molecule has 2 aliphatic rings. The molecule has 6 nitrogen and oxygen atoms in total. The molecule has 2 heterocycles.